The van der Waals surface area contributed by atoms with Crippen LogP contribution in [0.4, 0.5) is 5.69 Å². The van der Waals surface area contributed by atoms with Gasteiger partial charge in [-0.15, -0.1) is 0 Å². The van der Waals surface area contributed by atoms with E-state index < -0.39 is 39.0 Å². The highest BCUT2D eigenvalue weighted by atomic mass is 16.6. The number of carboxylic acids is 1. The zero-order valence-corrected chi connectivity index (χ0v) is 11.5. The maximum atomic E-state index is 11.9. The van der Waals surface area contributed by atoms with Crippen LogP contribution in [-0.2, 0) is 4.79 Å². The fourth-order valence-corrected chi connectivity index (χ4v) is 1.47. The van der Waals surface area contributed by atoms with Gasteiger partial charge in [0.15, 0.2) is 0 Å². The van der Waals surface area contributed by atoms with Crippen LogP contribution in [0.15, 0.2) is 17.1 Å². The number of aromatic amines is 1. The standard InChI is InChI=1S/C12H15N3O6/c1-3-12(2,11(18)19)6-14-10(17)8-4-7(15(20)21)5-13-9(8)16/h4-5H,3,6H2,1-2H3,(H,13,16)(H,14,17)(H,18,19). The Bertz CT molecular complexity index is 638. The summed E-state index contributed by atoms with van der Waals surface area (Å²) in [5, 5.41) is 22.0. The lowest BCUT2D eigenvalue weighted by Gasteiger charge is -2.23. The lowest BCUT2D eigenvalue weighted by Crippen LogP contribution is -2.41. The molecule has 0 aliphatic carbocycles. The van der Waals surface area contributed by atoms with Crippen LogP contribution in [-0.4, -0.2) is 33.4 Å². The van der Waals surface area contributed by atoms with E-state index in [-0.39, 0.29) is 13.0 Å². The first-order chi connectivity index (χ1) is 9.71. The topological polar surface area (TPSA) is 142 Å². The van der Waals surface area contributed by atoms with Crippen molar-refractivity contribution in [2.45, 2.75) is 20.3 Å². The van der Waals surface area contributed by atoms with Gasteiger partial charge in [0.1, 0.15) is 5.56 Å². The van der Waals surface area contributed by atoms with Gasteiger partial charge in [0.2, 0.25) is 0 Å². The van der Waals surface area contributed by atoms with Crippen LogP contribution in [0, 0.1) is 15.5 Å². The average molecular weight is 297 g/mol. The van der Waals surface area contributed by atoms with Crippen molar-refractivity contribution in [2.24, 2.45) is 5.41 Å². The van der Waals surface area contributed by atoms with Crippen molar-refractivity contribution in [1.82, 2.24) is 10.3 Å². The first-order valence-corrected chi connectivity index (χ1v) is 6.10. The molecule has 1 atom stereocenters. The summed E-state index contributed by atoms with van der Waals surface area (Å²) in [5.41, 5.74) is -2.83. The number of hydrogen-bond donors (Lipinski definition) is 3. The molecule has 0 saturated carbocycles. The third-order valence-electron chi connectivity index (χ3n) is 3.28. The molecule has 1 aromatic heterocycles. The second-order valence-corrected chi connectivity index (χ2v) is 4.76. The Labute approximate surface area is 119 Å². The highest BCUT2D eigenvalue weighted by molar-refractivity contribution is 5.94. The molecule has 0 saturated heterocycles. The van der Waals surface area contributed by atoms with E-state index in [9.17, 15) is 24.5 Å². The molecule has 0 aromatic carbocycles. The SMILES string of the molecule is CCC(C)(CNC(=O)c1cc([N+](=O)[O-])c[nH]c1=O)C(=O)O. The minimum atomic E-state index is -1.18. The molecule has 9 nitrogen and oxygen atoms in total. The Morgan fingerprint density at radius 1 is 1.52 bits per heavy atom. The van der Waals surface area contributed by atoms with E-state index >= 15 is 0 Å². The summed E-state index contributed by atoms with van der Waals surface area (Å²) in [4.78, 5) is 46.4. The number of nitrogens with zero attached hydrogens (tertiary/aromatic N) is 1. The van der Waals surface area contributed by atoms with Gasteiger partial charge in [-0.1, -0.05) is 6.92 Å². The Kier molecular flexibility index (Phi) is 4.79. The lowest BCUT2D eigenvalue weighted by atomic mass is 9.87. The van der Waals surface area contributed by atoms with Crippen molar-refractivity contribution in [3.05, 3.63) is 38.3 Å². The predicted molar refractivity (Wildman–Crippen MR) is 72.1 cm³/mol. The zero-order chi connectivity index (χ0) is 16.2. The van der Waals surface area contributed by atoms with Crippen LogP contribution in [0.5, 0.6) is 0 Å². The van der Waals surface area contributed by atoms with E-state index in [1.807, 2.05) is 0 Å². The fraction of sp³-hybridized carbons (Fsp3) is 0.417. The fourth-order valence-electron chi connectivity index (χ4n) is 1.47. The molecule has 21 heavy (non-hydrogen) atoms. The Balaban J connectivity index is 2.95. The van der Waals surface area contributed by atoms with Crippen molar-refractivity contribution in [1.29, 1.82) is 0 Å². The summed E-state index contributed by atoms with van der Waals surface area (Å²) < 4.78 is 0. The van der Waals surface area contributed by atoms with Crippen LogP contribution in [0.1, 0.15) is 30.6 Å². The van der Waals surface area contributed by atoms with Gasteiger partial charge in [-0.2, -0.15) is 0 Å². The molecule has 0 aliphatic rings. The number of nitrogens with one attached hydrogen (secondary N) is 2. The number of aliphatic carboxylic acids is 1. The quantitative estimate of drug-likeness (QED) is 0.516. The van der Waals surface area contributed by atoms with Crippen LogP contribution in [0.2, 0.25) is 0 Å². The highest BCUT2D eigenvalue weighted by Gasteiger charge is 2.32. The molecule has 1 amide bonds. The minimum Gasteiger partial charge on any atom is -0.481 e. The van der Waals surface area contributed by atoms with Crippen LogP contribution in [0.25, 0.3) is 0 Å². The van der Waals surface area contributed by atoms with Crippen LogP contribution in [0.3, 0.4) is 0 Å². The number of H-pyrrole nitrogens is 1. The van der Waals surface area contributed by atoms with E-state index in [0.29, 0.717) is 0 Å². The Morgan fingerprint density at radius 3 is 2.62 bits per heavy atom. The van der Waals surface area contributed by atoms with Gasteiger partial charge in [-0.3, -0.25) is 24.5 Å². The number of carbonyl (C=O) groups excluding carboxylic acids is 1. The summed E-state index contributed by atoms with van der Waals surface area (Å²) in [6, 6.07) is 0.845. The Morgan fingerprint density at radius 2 is 2.14 bits per heavy atom. The average Bonchev–Trinajstić information content (AvgIpc) is 2.44. The molecule has 1 unspecified atom stereocenters. The number of hydrogen-bond acceptors (Lipinski definition) is 5. The van der Waals surface area contributed by atoms with E-state index in [1.54, 1.807) is 6.92 Å². The zero-order valence-electron chi connectivity index (χ0n) is 11.5. The molecule has 3 N–H and O–H groups in total. The van der Waals surface area contributed by atoms with Crippen molar-refractivity contribution >= 4 is 17.6 Å². The van der Waals surface area contributed by atoms with Gasteiger partial charge in [0, 0.05) is 12.6 Å². The molecule has 0 aliphatic heterocycles. The largest absolute Gasteiger partial charge is 0.481 e. The van der Waals surface area contributed by atoms with Crippen molar-refractivity contribution < 1.29 is 19.6 Å². The van der Waals surface area contributed by atoms with Gasteiger partial charge in [0.25, 0.3) is 17.2 Å². The number of pyridine rings is 1. The van der Waals surface area contributed by atoms with Gasteiger partial charge in [-0.05, 0) is 13.3 Å². The summed E-state index contributed by atoms with van der Waals surface area (Å²) in [7, 11) is 0. The number of carboxylic acid groups (broad SMARTS) is 1. The predicted octanol–water partition coefficient (Wildman–Crippen LogP) is 0.514. The normalized spacial score (nSPS) is 13.2. The van der Waals surface area contributed by atoms with Gasteiger partial charge < -0.3 is 15.4 Å². The molecule has 0 radical (unpaired) electrons. The van der Waals surface area contributed by atoms with Gasteiger partial charge in [0.05, 0.1) is 16.5 Å². The second-order valence-electron chi connectivity index (χ2n) is 4.76. The molecule has 0 bridgehead atoms. The monoisotopic (exact) mass is 297 g/mol. The molecule has 114 valence electrons. The summed E-state index contributed by atoms with van der Waals surface area (Å²) in [6.07, 6.45) is 1.15. The maximum Gasteiger partial charge on any atom is 0.311 e. The van der Waals surface area contributed by atoms with Crippen molar-refractivity contribution in [3.8, 4) is 0 Å². The summed E-state index contributed by atoms with van der Waals surface area (Å²) in [6.45, 7) is 2.91. The molecular formula is C12H15N3O6. The van der Waals surface area contributed by atoms with Gasteiger partial charge in [-0.25, -0.2) is 0 Å². The third kappa shape index (κ3) is 3.65. The molecule has 0 fully saturated rings. The van der Waals surface area contributed by atoms with E-state index in [4.69, 9.17) is 5.11 Å². The first kappa shape index (κ1) is 16.3. The molecule has 0 spiro atoms. The highest BCUT2D eigenvalue weighted by Crippen LogP contribution is 2.20. The maximum absolute atomic E-state index is 11.9. The molecule has 1 aromatic rings. The van der Waals surface area contributed by atoms with E-state index in [2.05, 4.69) is 10.3 Å². The first-order valence-electron chi connectivity index (χ1n) is 6.10. The van der Waals surface area contributed by atoms with Crippen LogP contribution >= 0.6 is 0 Å². The molecule has 9 heteroatoms. The van der Waals surface area contributed by atoms with E-state index in [1.165, 1.54) is 6.92 Å². The van der Waals surface area contributed by atoms with Gasteiger partial charge >= 0.3 is 5.97 Å². The molecular weight excluding hydrogens is 282 g/mol. The summed E-state index contributed by atoms with van der Waals surface area (Å²) >= 11 is 0. The number of amides is 1. The molecule has 1 heterocycles. The number of aromatic nitrogens is 1. The number of rotatable bonds is 6. The van der Waals surface area contributed by atoms with E-state index in [0.717, 1.165) is 12.3 Å². The minimum absolute atomic E-state index is 0.195. The lowest BCUT2D eigenvalue weighted by molar-refractivity contribution is -0.385. The number of carbonyl (C=O) groups is 2. The van der Waals surface area contributed by atoms with Crippen LogP contribution < -0.4 is 10.9 Å². The smallest absolute Gasteiger partial charge is 0.311 e. The van der Waals surface area contributed by atoms with Crippen molar-refractivity contribution in [2.75, 3.05) is 6.54 Å². The third-order valence-corrected chi connectivity index (χ3v) is 3.28. The molecule has 1 rings (SSSR count). The Hall–Kier alpha value is -2.71. The second kappa shape index (κ2) is 6.16. The number of nitro groups is 1. The van der Waals surface area contributed by atoms with Crippen molar-refractivity contribution in [3.63, 3.8) is 0 Å². The summed E-state index contributed by atoms with van der Waals surface area (Å²) in [5.74, 6) is -1.95.